The smallest absolute Gasteiger partial charge is 0.307 e. The summed E-state index contributed by atoms with van der Waals surface area (Å²) in [6.45, 7) is 3.56. The molecule has 0 spiro atoms. The van der Waals surface area contributed by atoms with Gasteiger partial charge in [0.15, 0.2) is 5.78 Å². The van der Waals surface area contributed by atoms with Crippen molar-refractivity contribution in [1.29, 1.82) is 0 Å². The third kappa shape index (κ3) is 3.45. The number of aliphatic carboxylic acids is 1. The molecular formula is C12H13BrO3. The highest BCUT2D eigenvalue weighted by molar-refractivity contribution is 9.10. The first-order valence-electron chi connectivity index (χ1n) is 4.85. The molecule has 0 bridgehead atoms. The molecule has 0 aliphatic heterocycles. The topological polar surface area (TPSA) is 54.4 Å². The van der Waals surface area contributed by atoms with Gasteiger partial charge in [-0.15, -0.1) is 0 Å². The molecule has 4 heteroatoms. The zero-order valence-corrected chi connectivity index (χ0v) is 10.7. The van der Waals surface area contributed by atoms with Crippen LogP contribution in [-0.2, 0) is 11.2 Å². The highest BCUT2D eigenvalue weighted by Crippen LogP contribution is 2.22. The zero-order valence-electron chi connectivity index (χ0n) is 9.16. The van der Waals surface area contributed by atoms with Crippen LogP contribution in [0.2, 0.25) is 0 Å². The Hall–Kier alpha value is -1.16. The monoisotopic (exact) mass is 284 g/mol. The molecule has 0 aliphatic carbocycles. The van der Waals surface area contributed by atoms with Crippen LogP contribution >= 0.6 is 15.9 Å². The number of carbonyl (C=O) groups is 2. The first-order chi connectivity index (χ1) is 7.30. The number of hydrogen-bond acceptors (Lipinski definition) is 2. The van der Waals surface area contributed by atoms with Crippen LogP contribution in [0.25, 0.3) is 0 Å². The molecule has 0 radical (unpaired) electrons. The van der Waals surface area contributed by atoms with Gasteiger partial charge in [0.1, 0.15) is 0 Å². The van der Waals surface area contributed by atoms with Gasteiger partial charge in [0.05, 0.1) is 10.7 Å². The van der Waals surface area contributed by atoms with Crippen LogP contribution in [-0.4, -0.2) is 21.2 Å². The zero-order chi connectivity index (χ0) is 12.3. The summed E-state index contributed by atoms with van der Waals surface area (Å²) < 4.78 is -0.596. The van der Waals surface area contributed by atoms with Gasteiger partial charge >= 0.3 is 5.97 Å². The Morgan fingerprint density at radius 3 is 2.12 bits per heavy atom. The van der Waals surface area contributed by atoms with Crippen LogP contribution in [0.5, 0.6) is 0 Å². The SMILES string of the molecule is CC(C)(Br)C(=O)c1ccc(CC(=O)O)cc1. The van der Waals surface area contributed by atoms with Gasteiger partial charge in [-0.05, 0) is 19.4 Å². The summed E-state index contributed by atoms with van der Waals surface area (Å²) in [6, 6.07) is 6.65. The van der Waals surface area contributed by atoms with Crippen LogP contribution < -0.4 is 0 Å². The van der Waals surface area contributed by atoms with Gasteiger partial charge in [0.25, 0.3) is 0 Å². The van der Waals surface area contributed by atoms with Crippen molar-refractivity contribution in [3.8, 4) is 0 Å². The van der Waals surface area contributed by atoms with Crippen LogP contribution in [0.15, 0.2) is 24.3 Å². The second kappa shape index (κ2) is 4.78. The Balaban J connectivity index is 2.87. The molecule has 1 rings (SSSR count). The van der Waals surface area contributed by atoms with Crippen molar-refractivity contribution >= 4 is 27.7 Å². The van der Waals surface area contributed by atoms with Gasteiger partial charge in [0, 0.05) is 5.56 Å². The lowest BCUT2D eigenvalue weighted by molar-refractivity contribution is -0.136. The highest BCUT2D eigenvalue weighted by atomic mass is 79.9. The Morgan fingerprint density at radius 2 is 1.75 bits per heavy atom. The fourth-order valence-corrected chi connectivity index (χ4v) is 1.52. The first-order valence-corrected chi connectivity index (χ1v) is 5.64. The van der Waals surface area contributed by atoms with Crippen molar-refractivity contribution in [2.24, 2.45) is 0 Å². The number of halogens is 1. The van der Waals surface area contributed by atoms with E-state index in [1.54, 1.807) is 38.1 Å². The molecule has 86 valence electrons. The maximum Gasteiger partial charge on any atom is 0.307 e. The van der Waals surface area contributed by atoms with Gasteiger partial charge < -0.3 is 5.11 Å². The van der Waals surface area contributed by atoms with Crippen LogP contribution in [0.1, 0.15) is 29.8 Å². The molecule has 16 heavy (non-hydrogen) atoms. The molecule has 1 aromatic rings. The molecule has 3 nitrogen and oxygen atoms in total. The van der Waals surface area contributed by atoms with Crippen molar-refractivity contribution in [2.45, 2.75) is 24.6 Å². The normalized spacial score (nSPS) is 11.2. The van der Waals surface area contributed by atoms with Crippen LogP contribution in [0.3, 0.4) is 0 Å². The second-order valence-corrected chi connectivity index (χ2v) is 6.05. The van der Waals surface area contributed by atoms with Crippen molar-refractivity contribution < 1.29 is 14.7 Å². The molecule has 1 N–H and O–H groups in total. The predicted molar refractivity (Wildman–Crippen MR) is 65.1 cm³/mol. The number of carboxylic acid groups (broad SMARTS) is 1. The van der Waals surface area contributed by atoms with Crippen molar-refractivity contribution in [3.05, 3.63) is 35.4 Å². The number of rotatable bonds is 4. The van der Waals surface area contributed by atoms with E-state index in [4.69, 9.17) is 5.11 Å². The summed E-state index contributed by atoms with van der Waals surface area (Å²) in [5, 5.41) is 8.60. The molecule has 0 atom stereocenters. The molecule has 0 saturated heterocycles. The number of carbonyl (C=O) groups excluding carboxylic acids is 1. The van der Waals surface area contributed by atoms with Gasteiger partial charge in [-0.3, -0.25) is 9.59 Å². The molecule has 0 heterocycles. The molecular weight excluding hydrogens is 272 g/mol. The Labute approximate surface area is 103 Å². The minimum atomic E-state index is -0.875. The van der Waals surface area contributed by atoms with E-state index in [0.29, 0.717) is 11.1 Å². The lowest BCUT2D eigenvalue weighted by Gasteiger charge is -2.14. The van der Waals surface area contributed by atoms with E-state index in [0.717, 1.165) is 0 Å². The van der Waals surface area contributed by atoms with Gasteiger partial charge in [-0.1, -0.05) is 40.2 Å². The van der Waals surface area contributed by atoms with Crippen LogP contribution in [0, 0.1) is 0 Å². The largest absolute Gasteiger partial charge is 0.481 e. The standard InChI is InChI=1S/C12H13BrO3/c1-12(2,13)11(16)9-5-3-8(4-6-9)7-10(14)15/h3-6H,7H2,1-2H3,(H,14,15). The maximum atomic E-state index is 11.8. The average molecular weight is 285 g/mol. The molecule has 0 aromatic heterocycles. The predicted octanol–water partition coefficient (Wildman–Crippen LogP) is 2.67. The fourth-order valence-electron chi connectivity index (χ4n) is 1.29. The lowest BCUT2D eigenvalue weighted by atomic mass is 9.99. The van der Waals surface area contributed by atoms with Crippen molar-refractivity contribution in [1.82, 2.24) is 0 Å². The fraction of sp³-hybridized carbons (Fsp3) is 0.333. The molecule has 0 fully saturated rings. The Bertz CT molecular complexity index is 401. The number of alkyl halides is 1. The number of hydrogen-bond donors (Lipinski definition) is 1. The first kappa shape index (κ1) is 12.9. The van der Waals surface area contributed by atoms with E-state index < -0.39 is 10.3 Å². The highest BCUT2D eigenvalue weighted by Gasteiger charge is 2.24. The molecule has 0 saturated carbocycles. The molecule has 0 aliphatic rings. The number of carboxylic acids is 1. The minimum Gasteiger partial charge on any atom is -0.481 e. The van der Waals surface area contributed by atoms with E-state index in [1.807, 2.05) is 0 Å². The average Bonchev–Trinajstić information content (AvgIpc) is 2.15. The van der Waals surface area contributed by atoms with E-state index in [9.17, 15) is 9.59 Å². The van der Waals surface area contributed by atoms with Gasteiger partial charge in [-0.2, -0.15) is 0 Å². The Morgan fingerprint density at radius 1 is 1.25 bits per heavy atom. The summed E-state index contributed by atoms with van der Waals surface area (Å²) in [5.74, 6) is -0.894. The molecule has 0 amide bonds. The van der Waals surface area contributed by atoms with Gasteiger partial charge in [0.2, 0.25) is 0 Å². The summed E-state index contributed by atoms with van der Waals surface area (Å²) >= 11 is 3.30. The number of ketones is 1. The lowest BCUT2D eigenvalue weighted by Crippen LogP contribution is -2.23. The quantitative estimate of drug-likeness (QED) is 0.683. The number of Topliss-reactive ketones (excluding diaryl/α,β-unsaturated/α-hetero) is 1. The van der Waals surface area contributed by atoms with E-state index in [2.05, 4.69) is 15.9 Å². The Kier molecular flexibility index (Phi) is 3.86. The minimum absolute atomic E-state index is 0.0191. The van der Waals surface area contributed by atoms with Crippen molar-refractivity contribution in [3.63, 3.8) is 0 Å². The summed E-state index contributed by atoms with van der Waals surface area (Å²) in [4.78, 5) is 22.3. The van der Waals surface area contributed by atoms with Crippen LogP contribution in [0.4, 0.5) is 0 Å². The summed E-state index contributed by atoms with van der Waals surface area (Å²) in [7, 11) is 0. The third-order valence-corrected chi connectivity index (χ3v) is 2.47. The van der Waals surface area contributed by atoms with E-state index in [-0.39, 0.29) is 12.2 Å². The van der Waals surface area contributed by atoms with Gasteiger partial charge in [-0.25, -0.2) is 0 Å². The molecule has 0 unspecified atom stereocenters. The maximum absolute atomic E-state index is 11.8. The molecule has 1 aromatic carbocycles. The summed E-state index contributed by atoms with van der Waals surface area (Å²) in [5.41, 5.74) is 1.27. The van der Waals surface area contributed by atoms with E-state index >= 15 is 0 Å². The van der Waals surface area contributed by atoms with E-state index in [1.165, 1.54) is 0 Å². The third-order valence-electron chi connectivity index (χ3n) is 2.11. The second-order valence-electron chi connectivity index (χ2n) is 4.07. The summed E-state index contributed by atoms with van der Waals surface area (Å²) in [6.07, 6.45) is -0.0217. The van der Waals surface area contributed by atoms with Crippen molar-refractivity contribution in [2.75, 3.05) is 0 Å². The number of benzene rings is 1.